The van der Waals surface area contributed by atoms with Crippen LogP contribution >= 0.6 is 0 Å². The van der Waals surface area contributed by atoms with Crippen molar-refractivity contribution in [1.29, 1.82) is 0 Å². The lowest BCUT2D eigenvalue weighted by Gasteiger charge is -2.29. The highest BCUT2D eigenvalue weighted by Gasteiger charge is 2.28. The van der Waals surface area contributed by atoms with E-state index >= 15 is 0 Å². The summed E-state index contributed by atoms with van der Waals surface area (Å²) in [5.74, 6) is 0. The molecule has 0 amide bonds. The molecule has 0 bridgehead atoms. The zero-order chi connectivity index (χ0) is 44.9. The first-order chi connectivity index (χ1) is 29.8. The fourth-order valence-electron chi connectivity index (χ4n) is 13.2. The highest BCUT2D eigenvalue weighted by Crippen LogP contribution is 2.40. The Kier molecular flexibility index (Phi) is 8.72. The Morgan fingerprint density at radius 3 is 0.730 bits per heavy atom. The number of rotatable bonds is 2. The number of hydrogen-bond acceptors (Lipinski definition) is 1. The lowest BCUT2D eigenvalue weighted by atomic mass is 9.58. The van der Waals surface area contributed by atoms with Crippen LogP contribution in [0.3, 0.4) is 0 Å². The molecule has 0 unspecified atom stereocenters. The van der Waals surface area contributed by atoms with Crippen LogP contribution in [-0.4, -0.2) is 141 Å². The van der Waals surface area contributed by atoms with Gasteiger partial charge in [0.05, 0.1) is 0 Å². The molecule has 0 saturated carbocycles. The average Bonchev–Trinajstić information content (AvgIpc) is 3.62. The van der Waals surface area contributed by atoms with Crippen LogP contribution in [-0.2, 0) is 0 Å². The fourth-order valence-corrected chi connectivity index (χ4v) is 13.2. The second-order valence-corrected chi connectivity index (χ2v) is 20.0. The first kappa shape index (κ1) is 41.0. The molecule has 1 aromatic heterocycles. The Hall–Kier alpha value is -4.75. The summed E-state index contributed by atoms with van der Waals surface area (Å²) >= 11 is 0. The van der Waals surface area contributed by atoms with E-state index in [-0.39, 0.29) is 0 Å². The minimum absolute atomic E-state index is 0.932. The first-order valence-electron chi connectivity index (χ1n) is 23.1. The summed E-state index contributed by atoms with van der Waals surface area (Å²) in [6.45, 7) is 0. The molecule has 19 heteroatoms. The van der Waals surface area contributed by atoms with Gasteiger partial charge in [0.15, 0.2) is 0 Å². The van der Waals surface area contributed by atoms with Crippen molar-refractivity contribution in [1.82, 2.24) is 0 Å². The molecule has 0 radical (unpaired) electrons. The van der Waals surface area contributed by atoms with E-state index in [0.717, 1.165) is 11.2 Å². The SMILES string of the molecule is Bc1c(B)c2c(B)c(B)c3c(B)c(B)c(-c4ccc5oc6ccc(-c7c(B)c(B)c8c(B)c(B)c9c(B)c(B)c(B)c%10c(B)c(B)c7c8c9%10)cc6c5c4)c4c(B)c(B)c(c1B)c2c34. The van der Waals surface area contributed by atoms with Crippen LogP contribution in [0.4, 0.5) is 0 Å². The third-order valence-electron chi connectivity index (χ3n) is 17.7. The van der Waals surface area contributed by atoms with Gasteiger partial charge in [-0.05, 0) is 111 Å². The normalized spacial score (nSPS) is 12.3. The molecule has 63 heavy (non-hydrogen) atoms. The number of benzene rings is 10. The third-order valence-corrected chi connectivity index (χ3v) is 17.7. The minimum atomic E-state index is 0.932. The van der Waals surface area contributed by atoms with Gasteiger partial charge in [-0.25, -0.2) is 0 Å². The predicted octanol–water partition coefficient (Wildman–Crippen LogP) is -18.6. The van der Waals surface area contributed by atoms with E-state index in [9.17, 15) is 0 Å². The van der Waals surface area contributed by atoms with Gasteiger partial charge in [0, 0.05) is 10.8 Å². The quantitative estimate of drug-likeness (QED) is 0.126. The molecule has 0 N–H and O–H groups in total. The van der Waals surface area contributed by atoms with Crippen LogP contribution in [0.1, 0.15) is 0 Å². The van der Waals surface area contributed by atoms with Crippen molar-refractivity contribution in [2.75, 3.05) is 0 Å². The van der Waals surface area contributed by atoms with Crippen LogP contribution in [0, 0.1) is 0 Å². The second kappa shape index (κ2) is 13.4. The summed E-state index contributed by atoms with van der Waals surface area (Å²) in [6.07, 6.45) is 0. The van der Waals surface area contributed by atoms with E-state index in [1.165, 1.54) is 196 Å². The number of hydrogen-bond donors (Lipinski definition) is 0. The Morgan fingerprint density at radius 1 is 0.222 bits per heavy atom. The summed E-state index contributed by atoms with van der Waals surface area (Å²) in [4.78, 5) is 0. The summed E-state index contributed by atoms with van der Waals surface area (Å²) in [6, 6.07) is 14.0. The highest BCUT2D eigenvalue weighted by atomic mass is 16.3. The van der Waals surface area contributed by atoms with Gasteiger partial charge in [-0.3, -0.25) is 0 Å². The van der Waals surface area contributed by atoms with Crippen molar-refractivity contribution in [2.45, 2.75) is 0 Å². The first-order valence-corrected chi connectivity index (χ1v) is 23.1. The van der Waals surface area contributed by atoms with Crippen LogP contribution < -0.4 is 98.3 Å². The summed E-state index contributed by atoms with van der Waals surface area (Å²) in [7, 11) is 42.3. The van der Waals surface area contributed by atoms with Gasteiger partial charge < -0.3 is 4.42 Å². The van der Waals surface area contributed by atoms with Crippen LogP contribution in [0.25, 0.3) is 109 Å². The topological polar surface area (TPSA) is 13.1 Å². The van der Waals surface area contributed by atoms with Gasteiger partial charge in [0.1, 0.15) is 152 Å². The molecule has 10 aromatic carbocycles. The van der Waals surface area contributed by atoms with E-state index in [0.29, 0.717) is 0 Å². The van der Waals surface area contributed by atoms with Crippen molar-refractivity contribution < 1.29 is 4.42 Å². The maximum atomic E-state index is 6.72. The van der Waals surface area contributed by atoms with Crippen molar-refractivity contribution in [2.24, 2.45) is 0 Å². The van der Waals surface area contributed by atoms with Gasteiger partial charge in [0.25, 0.3) is 0 Å². The zero-order valence-electron chi connectivity index (χ0n) is 40.9. The molecule has 278 valence electrons. The van der Waals surface area contributed by atoms with Crippen LogP contribution in [0.15, 0.2) is 40.8 Å². The Balaban J connectivity index is 1.23. The van der Waals surface area contributed by atoms with Crippen LogP contribution in [0.2, 0.25) is 0 Å². The van der Waals surface area contributed by atoms with E-state index in [4.69, 9.17) is 4.42 Å². The van der Waals surface area contributed by atoms with Gasteiger partial charge in [-0.15, -0.1) is 10.9 Å². The average molecular weight is 781 g/mol. The van der Waals surface area contributed by atoms with Crippen molar-refractivity contribution in [3.8, 4) is 22.3 Å². The molecule has 0 aliphatic carbocycles. The summed E-state index contributed by atoms with van der Waals surface area (Å²) < 4.78 is 6.72. The lowest BCUT2D eigenvalue weighted by molar-refractivity contribution is 0.669. The summed E-state index contributed by atoms with van der Waals surface area (Å²) in [5.41, 5.74) is 32.3. The molecule has 0 fully saturated rings. The molecular weight excluding hydrogens is 739 g/mol. The van der Waals surface area contributed by atoms with Crippen molar-refractivity contribution in [3.63, 3.8) is 0 Å². The molecular formula is C44H42B18O. The predicted molar refractivity (Wildman–Crippen MR) is 339 cm³/mol. The van der Waals surface area contributed by atoms with Gasteiger partial charge in [-0.2, -0.15) is 0 Å². The van der Waals surface area contributed by atoms with E-state index in [1.807, 2.05) is 0 Å². The minimum Gasteiger partial charge on any atom is -0.456 e. The van der Waals surface area contributed by atoms with E-state index < -0.39 is 0 Å². The third kappa shape index (κ3) is 4.88. The zero-order valence-corrected chi connectivity index (χ0v) is 40.9. The molecule has 0 atom stereocenters. The molecule has 1 nitrogen and oxygen atoms in total. The standard InChI is InChI=1S/C44H42B18O/c45-27-13(19-15-17-23(33(51)29(19)47)39(57)43(61)41(59)25(17)37(55)35(53)21(15)31(27)49)7-1-3-11-9(5-7)10-6-8(2-4-12(10)63-11)14-20-16-18-24(34(52)30(20)48)40(58)44(62)42(60)26(18)38(56)36(54)22(16)32(50)28(14)46/h1-6H,45-62H2. The van der Waals surface area contributed by atoms with E-state index in [2.05, 4.69) is 178 Å². The van der Waals surface area contributed by atoms with Crippen molar-refractivity contribution in [3.05, 3.63) is 36.4 Å². The summed E-state index contributed by atoms with van der Waals surface area (Å²) in [5, 5.41) is 19.5. The van der Waals surface area contributed by atoms with E-state index in [1.54, 1.807) is 0 Å². The molecule has 0 aliphatic rings. The molecule has 1 heterocycles. The largest absolute Gasteiger partial charge is 0.456 e. The maximum absolute atomic E-state index is 6.72. The van der Waals surface area contributed by atoms with Gasteiger partial charge in [0.2, 0.25) is 0 Å². The molecule has 0 spiro atoms. The maximum Gasteiger partial charge on any atom is 0.139 e. The molecule has 0 aliphatic heterocycles. The Labute approximate surface area is 386 Å². The second-order valence-electron chi connectivity index (χ2n) is 20.0. The fraction of sp³-hybridized carbons (Fsp3) is 0. The van der Waals surface area contributed by atoms with Crippen LogP contribution in [0.5, 0.6) is 0 Å². The highest BCUT2D eigenvalue weighted by molar-refractivity contribution is 6.77. The van der Waals surface area contributed by atoms with Crippen molar-refractivity contribution >= 4 is 326 Å². The molecule has 11 aromatic rings. The molecule has 11 rings (SSSR count). The number of furan rings is 1. The molecule has 0 saturated heterocycles. The lowest BCUT2D eigenvalue weighted by Crippen LogP contribution is -2.48. The Bertz CT molecular complexity index is 3700. The van der Waals surface area contributed by atoms with Gasteiger partial charge in [-0.1, -0.05) is 99.5 Å². The Morgan fingerprint density at radius 2 is 0.444 bits per heavy atom. The number of fused-ring (bicyclic) bond motifs is 3. The van der Waals surface area contributed by atoms with Gasteiger partial charge >= 0.3 is 0 Å². The smallest absolute Gasteiger partial charge is 0.139 e. The monoisotopic (exact) mass is 784 g/mol.